The Morgan fingerprint density at radius 1 is 1.42 bits per heavy atom. The van der Waals surface area contributed by atoms with Gasteiger partial charge in [-0.2, -0.15) is 5.10 Å². The lowest BCUT2D eigenvalue weighted by Gasteiger charge is -2.15. The van der Waals surface area contributed by atoms with Crippen molar-refractivity contribution in [2.75, 3.05) is 6.61 Å². The van der Waals surface area contributed by atoms with Gasteiger partial charge in [0.1, 0.15) is 5.75 Å². The first-order valence-corrected chi connectivity index (χ1v) is 7.99. The smallest absolute Gasteiger partial charge is 0.341 e. The normalized spacial score (nSPS) is 11.6. The van der Waals surface area contributed by atoms with Crippen molar-refractivity contribution in [3.05, 3.63) is 47.6 Å². The molecule has 0 radical (unpaired) electrons. The van der Waals surface area contributed by atoms with E-state index in [2.05, 4.69) is 16.9 Å². The molecule has 0 fully saturated rings. The maximum Gasteiger partial charge on any atom is 0.341 e. The summed E-state index contributed by atoms with van der Waals surface area (Å²) >= 11 is 0. The lowest BCUT2D eigenvalue weighted by atomic mass is 10.2. The molecule has 0 aliphatic heterocycles. The molecule has 0 N–H and O–H groups in total. The number of benzene rings is 1. The summed E-state index contributed by atoms with van der Waals surface area (Å²) < 4.78 is 12.3. The Balaban J connectivity index is 2.23. The van der Waals surface area contributed by atoms with Gasteiger partial charge in [-0.1, -0.05) is 13.3 Å². The summed E-state index contributed by atoms with van der Waals surface area (Å²) in [6, 6.07) is 5.27. The van der Waals surface area contributed by atoms with Gasteiger partial charge in [0, 0.05) is 6.20 Å². The monoisotopic (exact) mass is 327 g/mol. The van der Waals surface area contributed by atoms with Crippen LogP contribution in [0.4, 0.5) is 5.69 Å². The number of carbonyl (C=O) groups excluding carboxylic acids is 1. The second-order valence-corrected chi connectivity index (χ2v) is 5.38. The summed E-state index contributed by atoms with van der Waals surface area (Å²) in [5.74, 6) is 0.148. The standard InChI is InChI=1S/C18H21N3O3/c1-5-7-13(3)24-17-9-8-15(10-16(17)19-4)21-12-14(11-20-21)18(22)23-6-2/h8-13H,5-7H2,1-3H3. The van der Waals surface area contributed by atoms with Crippen LogP contribution < -0.4 is 4.74 Å². The van der Waals surface area contributed by atoms with E-state index in [0.29, 0.717) is 29.3 Å². The van der Waals surface area contributed by atoms with Gasteiger partial charge in [0.15, 0.2) is 0 Å². The van der Waals surface area contributed by atoms with Gasteiger partial charge in [-0.05, 0) is 38.5 Å². The van der Waals surface area contributed by atoms with Crippen molar-refractivity contribution in [1.82, 2.24) is 9.78 Å². The van der Waals surface area contributed by atoms with Crippen LogP contribution in [-0.2, 0) is 4.74 Å². The Morgan fingerprint density at radius 3 is 2.88 bits per heavy atom. The van der Waals surface area contributed by atoms with Gasteiger partial charge in [-0.3, -0.25) is 0 Å². The molecule has 1 atom stereocenters. The van der Waals surface area contributed by atoms with E-state index in [9.17, 15) is 4.79 Å². The first-order chi connectivity index (χ1) is 11.6. The lowest BCUT2D eigenvalue weighted by molar-refractivity contribution is 0.0526. The number of esters is 1. The predicted octanol–water partition coefficient (Wildman–Crippen LogP) is 4.17. The van der Waals surface area contributed by atoms with Crippen LogP contribution in [0.15, 0.2) is 30.6 Å². The number of carbonyl (C=O) groups is 1. The van der Waals surface area contributed by atoms with Crippen LogP contribution in [0.3, 0.4) is 0 Å². The van der Waals surface area contributed by atoms with E-state index < -0.39 is 5.97 Å². The van der Waals surface area contributed by atoms with E-state index in [0.717, 1.165) is 12.8 Å². The van der Waals surface area contributed by atoms with Crippen molar-refractivity contribution in [2.24, 2.45) is 0 Å². The molecule has 0 saturated heterocycles. The molecule has 24 heavy (non-hydrogen) atoms. The first-order valence-electron chi connectivity index (χ1n) is 7.99. The largest absolute Gasteiger partial charge is 0.502 e. The van der Waals surface area contributed by atoms with Crippen LogP contribution >= 0.6 is 0 Å². The molecule has 0 saturated carbocycles. The van der Waals surface area contributed by atoms with Crippen molar-refractivity contribution >= 4 is 11.7 Å². The Labute approximate surface area is 141 Å². The van der Waals surface area contributed by atoms with E-state index in [4.69, 9.17) is 16.0 Å². The van der Waals surface area contributed by atoms with Crippen LogP contribution in [0.2, 0.25) is 0 Å². The minimum Gasteiger partial charge on any atom is -0.502 e. The number of hydrogen-bond acceptors (Lipinski definition) is 4. The fraction of sp³-hybridized carbons (Fsp3) is 0.389. The SMILES string of the molecule is [C-]#[N+]c1cc(-n2cc(C(=O)OCC)cn2)ccc1OC(C)CCC. The van der Waals surface area contributed by atoms with Crippen LogP contribution in [0.1, 0.15) is 44.0 Å². The Hall–Kier alpha value is -2.81. The highest BCUT2D eigenvalue weighted by Gasteiger charge is 2.13. The first kappa shape index (κ1) is 17.5. The van der Waals surface area contributed by atoms with Gasteiger partial charge in [-0.15, -0.1) is 0 Å². The molecule has 6 heteroatoms. The second kappa shape index (κ2) is 8.16. The fourth-order valence-corrected chi connectivity index (χ4v) is 2.30. The van der Waals surface area contributed by atoms with Crippen LogP contribution in [0.25, 0.3) is 10.5 Å². The Kier molecular flexibility index (Phi) is 5.96. The molecular weight excluding hydrogens is 306 g/mol. The highest BCUT2D eigenvalue weighted by molar-refractivity contribution is 5.88. The average Bonchev–Trinajstić information content (AvgIpc) is 3.06. The topological polar surface area (TPSA) is 57.7 Å². The molecular formula is C18H21N3O3. The van der Waals surface area contributed by atoms with Crippen molar-refractivity contribution in [1.29, 1.82) is 0 Å². The van der Waals surface area contributed by atoms with E-state index in [1.54, 1.807) is 29.9 Å². The lowest BCUT2D eigenvalue weighted by Crippen LogP contribution is -2.11. The van der Waals surface area contributed by atoms with Crippen LogP contribution in [0.5, 0.6) is 5.75 Å². The third kappa shape index (κ3) is 4.13. The number of hydrogen-bond donors (Lipinski definition) is 0. The maximum absolute atomic E-state index is 11.7. The fourth-order valence-electron chi connectivity index (χ4n) is 2.30. The van der Waals surface area contributed by atoms with E-state index in [1.807, 2.05) is 13.0 Å². The molecule has 0 bridgehead atoms. The predicted molar refractivity (Wildman–Crippen MR) is 90.8 cm³/mol. The average molecular weight is 327 g/mol. The van der Waals surface area contributed by atoms with E-state index in [1.165, 1.54) is 6.20 Å². The molecule has 1 aromatic heterocycles. The highest BCUT2D eigenvalue weighted by Crippen LogP contribution is 2.31. The van der Waals surface area contributed by atoms with Crippen molar-refractivity contribution in [2.45, 2.75) is 39.7 Å². The highest BCUT2D eigenvalue weighted by atomic mass is 16.5. The van der Waals surface area contributed by atoms with Crippen LogP contribution in [-0.4, -0.2) is 28.5 Å². The molecule has 2 aromatic rings. The summed E-state index contributed by atoms with van der Waals surface area (Å²) in [6.07, 6.45) is 5.05. The number of ether oxygens (including phenoxy) is 2. The molecule has 0 spiro atoms. The van der Waals surface area contributed by atoms with Gasteiger partial charge in [-0.25, -0.2) is 14.3 Å². The summed E-state index contributed by atoms with van der Waals surface area (Å²) in [7, 11) is 0. The zero-order valence-corrected chi connectivity index (χ0v) is 14.2. The second-order valence-electron chi connectivity index (χ2n) is 5.38. The Bertz CT molecular complexity index is 746. The Morgan fingerprint density at radius 2 is 2.21 bits per heavy atom. The molecule has 126 valence electrons. The third-order valence-corrected chi connectivity index (χ3v) is 3.44. The quantitative estimate of drug-likeness (QED) is 0.566. The molecule has 1 heterocycles. The van der Waals surface area contributed by atoms with Crippen molar-refractivity contribution in [3.63, 3.8) is 0 Å². The summed E-state index contributed by atoms with van der Waals surface area (Å²) in [6.45, 7) is 13.5. The number of nitrogens with zero attached hydrogens (tertiary/aromatic N) is 3. The van der Waals surface area contributed by atoms with Crippen molar-refractivity contribution in [3.8, 4) is 11.4 Å². The summed E-state index contributed by atoms with van der Waals surface area (Å²) in [4.78, 5) is 15.2. The molecule has 0 aliphatic rings. The molecule has 6 nitrogen and oxygen atoms in total. The number of rotatable bonds is 7. The molecule has 0 aliphatic carbocycles. The summed E-state index contributed by atoms with van der Waals surface area (Å²) in [5.41, 5.74) is 1.48. The minimum atomic E-state index is -0.414. The van der Waals surface area contributed by atoms with Crippen molar-refractivity contribution < 1.29 is 14.3 Å². The van der Waals surface area contributed by atoms with Gasteiger partial charge in [0.25, 0.3) is 0 Å². The molecule has 0 amide bonds. The summed E-state index contributed by atoms with van der Waals surface area (Å²) in [5, 5.41) is 4.16. The molecule has 1 aromatic carbocycles. The zero-order valence-electron chi connectivity index (χ0n) is 14.2. The van der Waals surface area contributed by atoms with Gasteiger partial charge in [0.05, 0.1) is 36.7 Å². The van der Waals surface area contributed by atoms with Crippen LogP contribution in [0, 0.1) is 6.57 Å². The van der Waals surface area contributed by atoms with Gasteiger partial charge < -0.3 is 9.47 Å². The maximum atomic E-state index is 11.7. The molecule has 2 rings (SSSR count). The van der Waals surface area contributed by atoms with E-state index in [-0.39, 0.29) is 6.10 Å². The minimum absolute atomic E-state index is 0.0569. The van der Waals surface area contributed by atoms with Gasteiger partial charge >= 0.3 is 5.97 Å². The third-order valence-electron chi connectivity index (χ3n) is 3.44. The van der Waals surface area contributed by atoms with E-state index >= 15 is 0 Å². The van der Waals surface area contributed by atoms with Gasteiger partial charge in [0.2, 0.25) is 5.69 Å². The molecule has 1 unspecified atom stereocenters. The zero-order chi connectivity index (χ0) is 17.5. The number of aromatic nitrogens is 2.